The van der Waals surface area contributed by atoms with Gasteiger partial charge >= 0.3 is 0 Å². The van der Waals surface area contributed by atoms with Crippen molar-refractivity contribution in [1.82, 2.24) is 4.90 Å². The summed E-state index contributed by atoms with van der Waals surface area (Å²) in [5.74, 6) is -2.35. The highest BCUT2D eigenvalue weighted by molar-refractivity contribution is 6.08. The molecule has 6 heteroatoms. The van der Waals surface area contributed by atoms with E-state index in [1.54, 1.807) is 0 Å². The lowest BCUT2D eigenvalue weighted by molar-refractivity contribution is -0.128. The van der Waals surface area contributed by atoms with Gasteiger partial charge in [-0.15, -0.1) is 0 Å². The number of aliphatic hydroxyl groups is 1. The Morgan fingerprint density at radius 3 is 2.55 bits per heavy atom. The summed E-state index contributed by atoms with van der Waals surface area (Å²) in [6.07, 6.45) is 0. The molecule has 1 atom stereocenters. The summed E-state index contributed by atoms with van der Waals surface area (Å²) in [5, 5.41) is 18.6. The van der Waals surface area contributed by atoms with Gasteiger partial charge in [0.25, 0.3) is 5.91 Å². The molecule has 0 saturated carbocycles. The molecular weight excluding hydrogens is 263 g/mol. The summed E-state index contributed by atoms with van der Waals surface area (Å²) < 4.78 is 13.0. The summed E-state index contributed by atoms with van der Waals surface area (Å²) in [4.78, 5) is 24.6. The van der Waals surface area contributed by atoms with E-state index in [-0.39, 0.29) is 12.1 Å². The minimum atomic E-state index is -0.861. The monoisotopic (exact) mass is 274 g/mol. The Hall–Kier alpha value is -2.68. The normalized spacial score (nSPS) is 18.4. The van der Waals surface area contributed by atoms with Gasteiger partial charge in [0.2, 0.25) is 0 Å². The van der Waals surface area contributed by atoms with Crippen molar-refractivity contribution >= 4 is 11.7 Å². The topological polar surface area (TPSA) is 81.4 Å². The number of carbonyl (C=O) groups excluding carboxylic acids is 2. The minimum absolute atomic E-state index is 0.0724. The second-order valence-electron chi connectivity index (χ2n) is 4.36. The van der Waals surface area contributed by atoms with E-state index in [9.17, 15) is 19.1 Å². The van der Waals surface area contributed by atoms with Crippen LogP contribution in [0.1, 0.15) is 18.5 Å². The van der Waals surface area contributed by atoms with Crippen LogP contribution < -0.4 is 0 Å². The van der Waals surface area contributed by atoms with Crippen molar-refractivity contribution in [3.63, 3.8) is 0 Å². The summed E-state index contributed by atoms with van der Waals surface area (Å²) in [7, 11) is 0. The summed E-state index contributed by atoms with van der Waals surface area (Å²) in [5.41, 5.74) is 0.390. The Balaban J connectivity index is 2.54. The number of nitrogens with zero attached hydrogens (tertiary/aromatic N) is 2. The van der Waals surface area contributed by atoms with E-state index in [1.165, 1.54) is 31.2 Å². The number of hydrogen-bond donors (Lipinski definition) is 1. The van der Waals surface area contributed by atoms with E-state index in [0.717, 1.165) is 4.90 Å². The number of benzene rings is 1. The number of halogens is 1. The van der Waals surface area contributed by atoms with Gasteiger partial charge in [0.1, 0.15) is 12.4 Å². The first-order valence-corrected chi connectivity index (χ1v) is 5.84. The molecule has 0 saturated heterocycles. The molecule has 0 radical (unpaired) electrons. The van der Waals surface area contributed by atoms with E-state index in [0.29, 0.717) is 5.56 Å². The number of carbonyl (C=O) groups is 2. The van der Waals surface area contributed by atoms with Crippen LogP contribution in [0.5, 0.6) is 0 Å². The molecule has 1 aromatic rings. The number of ketones is 1. The smallest absolute Gasteiger partial charge is 0.290 e. The standard InChI is InChI=1S/C14H11FN2O3/c1-8(18)11-12(9-2-4-10(15)5-3-9)17(7-6-16)14(20)13(11)19/h2-5,12,19H,7H2,1H3. The molecule has 0 bridgehead atoms. The highest BCUT2D eigenvalue weighted by Gasteiger charge is 2.42. The van der Waals surface area contributed by atoms with Crippen LogP contribution in [-0.2, 0) is 9.59 Å². The number of hydrogen-bond acceptors (Lipinski definition) is 4. The van der Waals surface area contributed by atoms with Gasteiger partial charge in [0.15, 0.2) is 11.5 Å². The molecule has 102 valence electrons. The van der Waals surface area contributed by atoms with Crippen molar-refractivity contribution in [2.45, 2.75) is 13.0 Å². The highest BCUT2D eigenvalue weighted by Crippen LogP contribution is 2.37. The Bertz CT molecular complexity index is 643. The van der Waals surface area contributed by atoms with Crippen LogP contribution in [-0.4, -0.2) is 28.2 Å². The van der Waals surface area contributed by atoms with E-state index < -0.39 is 29.3 Å². The van der Waals surface area contributed by atoms with Crippen molar-refractivity contribution < 1.29 is 19.1 Å². The quantitative estimate of drug-likeness (QED) is 0.849. The van der Waals surface area contributed by atoms with E-state index in [1.807, 2.05) is 6.07 Å². The number of rotatable bonds is 3. The summed E-state index contributed by atoms with van der Waals surface area (Å²) in [6, 6.07) is 6.17. The number of aliphatic hydroxyl groups excluding tert-OH is 1. The molecule has 0 aliphatic carbocycles. The van der Waals surface area contributed by atoms with Crippen LogP contribution in [0.3, 0.4) is 0 Å². The highest BCUT2D eigenvalue weighted by atomic mass is 19.1. The molecule has 1 amide bonds. The van der Waals surface area contributed by atoms with Crippen molar-refractivity contribution in [1.29, 1.82) is 5.26 Å². The Morgan fingerprint density at radius 1 is 1.45 bits per heavy atom. The molecule has 1 aliphatic heterocycles. The number of amides is 1. The average Bonchev–Trinajstić information content (AvgIpc) is 2.65. The van der Waals surface area contributed by atoms with E-state index in [4.69, 9.17) is 5.26 Å². The maximum Gasteiger partial charge on any atom is 0.290 e. The fraction of sp³-hybridized carbons (Fsp3) is 0.214. The Morgan fingerprint density at radius 2 is 2.05 bits per heavy atom. The lowest BCUT2D eigenvalue weighted by atomic mass is 9.97. The van der Waals surface area contributed by atoms with Gasteiger partial charge < -0.3 is 10.0 Å². The van der Waals surface area contributed by atoms with Gasteiger partial charge in [-0.05, 0) is 24.6 Å². The molecule has 1 N–H and O–H groups in total. The molecule has 0 spiro atoms. The van der Waals surface area contributed by atoms with Gasteiger partial charge in [-0.2, -0.15) is 5.26 Å². The Kier molecular flexibility index (Phi) is 3.53. The third-order valence-electron chi connectivity index (χ3n) is 3.11. The summed E-state index contributed by atoms with van der Waals surface area (Å²) in [6.45, 7) is 0.951. The van der Waals surface area contributed by atoms with Gasteiger partial charge in [0, 0.05) is 0 Å². The molecule has 5 nitrogen and oxygen atoms in total. The van der Waals surface area contributed by atoms with Crippen molar-refractivity contribution in [3.8, 4) is 6.07 Å². The van der Waals surface area contributed by atoms with Gasteiger partial charge in [-0.1, -0.05) is 12.1 Å². The second kappa shape index (κ2) is 5.13. The summed E-state index contributed by atoms with van der Waals surface area (Å²) >= 11 is 0. The molecule has 20 heavy (non-hydrogen) atoms. The van der Waals surface area contributed by atoms with Crippen LogP contribution in [0, 0.1) is 17.1 Å². The molecule has 0 aromatic heterocycles. The van der Waals surface area contributed by atoms with Crippen LogP contribution in [0.2, 0.25) is 0 Å². The SMILES string of the molecule is CC(=O)C1=C(O)C(=O)N(CC#N)C1c1ccc(F)cc1. The van der Waals surface area contributed by atoms with Crippen LogP contribution in [0.4, 0.5) is 4.39 Å². The van der Waals surface area contributed by atoms with Gasteiger partial charge in [0.05, 0.1) is 17.7 Å². The van der Waals surface area contributed by atoms with Crippen molar-refractivity contribution in [2.75, 3.05) is 6.54 Å². The zero-order valence-electron chi connectivity index (χ0n) is 10.6. The molecule has 1 aliphatic rings. The lowest BCUT2D eigenvalue weighted by Gasteiger charge is -2.23. The van der Waals surface area contributed by atoms with Crippen LogP contribution in [0.25, 0.3) is 0 Å². The first-order chi connectivity index (χ1) is 9.47. The average molecular weight is 274 g/mol. The fourth-order valence-corrected chi connectivity index (χ4v) is 2.24. The minimum Gasteiger partial charge on any atom is -0.503 e. The van der Waals surface area contributed by atoms with Crippen molar-refractivity contribution in [3.05, 3.63) is 47.0 Å². The van der Waals surface area contributed by atoms with Gasteiger partial charge in [-0.3, -0.25) is 9.59 Å². The largest absolute Gasteiger partial charge is 0.503 e. The third kappa shape index (κ3) is 2.14. The zero-order chi connectivity index (χ0) is 14.9. The molecule has 0 fully saturated rings. The molecule has 1 aromatic carbocycles. The van der Waals surface area contributed by atoms with Gasteiger partial charge in [-0.25, -0.2) is 4.39 Å². The fourth-order valence-electron chi connectivity index (χ4n) is 2.24. The number of Topliss-reactive ketones (excluding diaryl/α,β-unsaturated/α-hetero) is 1. The number of nitriles is 1. The molecule has 1 unspecified atom stereocenters. The second-order valence-corrected chi connectivity index (χ2v) is 4.36. The maximum atomic E-state index is 13.0. The van der Waals surface area contributed by atoms with Crippen LogP contribution >= 0.6 is 0 Å². The molecular formula is C14H11FN2O3. The van der Waals surface area contributed by atoms with Crippen molar-refractivity contribution in [2.24, 2.45) is 0 Å². The predicted molar refractivity (Wildman–Crippen MR) is 66.8 cm³/mol. The first kappa shape index (κ1) is 13.7. The molecule has 1 heterocycles. The zero-order valence-corrected chi connectivity index (χ0v) is 10.6. The predicted octanol–water partition coefficient (Wildman–Crippen LogP) is 1.63. The van der Waals surface area contributed by atoms with E-state index >= 15 is 0 Å². The maximum absolute atomic E-state index is 13.0. The molecule has 2 rings (SSSR count). The van der Waals surface area contributed by atoms with E-state index in [2.05, 4.69) is 0 Å². The first-order valence-electron chi connectivity index (χ1n) is 5.84. The Labute approximate surface area is 114 Å². The lowest BCUT2D eigenvalue weighted by Crippen LogP contribution is -2.31. The van der Waals surface area contributed by atoms with Crippen LogP contribution in [0.15, 0.2) is 35.6 Å². The third-order valence-corrected chi connectivity index (χ3v) is 3.11.